The lowest BCUT2D eigenvalue weighted by atomic mass is 10.0. The molecule has 1 fully saturated rings. The molecule has 0 spiro atoms. The van der Waals surface area contributed by atoms with Gasteiger partial charge in [-0.25, -0.2) is 0 Å². The third kappa shape index (κ3) is 6.95. The van der Waals surface area contributed by atoms with Gasteiger partial charge in [-0.3, -0.25) is 4.99 Å². The molecule has 0 aromatic heterocycles. The Morgan fingerprint density at radius 2 is 1.75 bits per heavy atom. The summed E-state index contributed by atoms with van der Waals surface area (Å²) in [6, 6.07) is 9.36. The molecule has 0 bridgehead atoms. The van der Waals surface area contributed by atoms with E-state index in [9.17, 15) is 0 Å². The van der Waals surface area contributed by atoms with Gasteiger partial charge in [-0.1, -0.05) is 38.1 Å². The van der Waals surface area contributed by atoms with Gasteiger partial charge in [-0.15, -0.1) is 24.0 Å². The van der Waals surface area contributed by atoms with Crippen molar-refractivity contribution in [3.05, 3.63) is 42.0 Å². The van der Waals surface area contributed by atoms with Gasteiger partial charge < -0.3 is 20.4 Å². The fourth-order valence-electron chi connectivity index (χ4n) is 3.86. The third-order valence-corrected chi connectivity index (χ3v) is 5.36. The van der Waals surface area contributed by atoms with Crippen molar-refractivity contribution in [2.24, 2.45) is 10.9 Å². The number of piperidine rings is 1. The fraction of sp³-hybridized carbons (Fsp3) is 0.591. The number of likely N-dealkylation sites (tertiary alicyclic amines) is 1. The lowest BCUT2D eigenvalue weighted by Gasteiger charge is -2.34. The number of guanidine groups is 1. The molecule has 5 nitrogen and oxygen atoms in total. The standard InChI is InChI=1S/C22H35N5.HI/c1-18(2)17-26-14-10-20(11-15-26)25-22(23-3)24-16-19-6-8-21(9-7-19)27-12-4-5-13-27;/h4-9,18,20H,10-17H2,1-3H3,(H2,23,24,25);1H. The second-order valence-electron chi connectivity index (χ2n) is 8.08. The molecule has 2 aliphatic heterocycles. The highest BCUT2D eigenvalue weighted by atomic mass is 127. The maximum atomic E-state index is 4.41. The summed E-state index contributed by atoms with van der Waals surface area (Å²) in [5.74, 6) is 1.65. The summed E-state index contributed by atoms with van der Waals surface area (Å²) in [4.78, 5) is 9.35. The van der Waals surface area contributed by atoms with Crippen LogP contribution in [0.25, 0.3) is 0 Å². The minimum Gasteiger partial charge on any atom is -0.364 e. The van der Waals surface area contributed by atoms with Crippen molar-refractivity contribution in [2.45, 2.75) is 39.3 Å². The molecule has 0 radical (unpaired) electrons. The molecule has 0 atom stereocenters. The van der Waals surface area contributed by atoms with Crippen LogP contribution >= 0.6 is 24.0 Å². The van der Waals surface area contributed by atoms with Gasteiger partial charge in [0.25, 0.3) is 0 Å². The molecule has 0 unspecified atom stereocenters. The van der Waals surface area contributed by atoms with Crippen molar-refractivity contribution in [2.75, 3.05) is 44.7 Å². The van der Waals surface area contributed by atoms with Gasteiger partial charge in [0.15, 0.2) is 5.96 Å². The lowest BCUT2D eigenvalue weighted by molar-refractivity contribution is 0.187. The molecular formula is C22H36IN5. The maximum Gasteiger partial charge on any atom is 0.191 e. The molecule has 0 aliphatic carbocycles. The molecular weight excluding hydrogens is 461 g/mol. The monoisotopic (exact) mass is 497 g/mol. The minimum absolute atomic E-state index is 0. The Morgan fingerprint density at radius 1 is 1.11 bits per heavy atom. The van der Waals surface area contributed by atoms with E-state index in [-0.39, 0.29) is 24.0 Å². The number of nitrogens with one attached hydrogen (secondary N) is 2. The number of anilines is 1. The van der Waals surface area contributed by atoms with Crippen molar-refractivity contribution >= 4 is 35.6 Å². The topological polar surface area (TPSA) is 42.9 Å². The Hall–Kier alpha value is -1.28. The van der Waals surface area contributed by atoms with E-state index >= 15 is 0 Å². The first-order valence-electron chi connectivity index (χ1n) is 10.3. The zero-order chi connectivity index (χ0) is 19.1. The lowest BCUT2D eigenvalue weighted by Crippen LogP contribution is -2.48. The van der Waals surface area contributed by atoms with Crippen LogP contribution in [-0.4, -0.2) is 56.7 Å². The fourth-order valence-corrected chi connectivity index (χ4v) is 3.86. The molecule has 2 N–H and O–H groups in total. The van der Waals surface area contributed by atoms with Crippen molar-refractivity contribution in [3.63, 3.8) is 0 Å². The number of halogens is 1. The highest BCUT2D eigenvalue weighted by Gasteiger charge is 2.20. The van der Waals surface area contributed by atoms with Gasteiger partial charge in [0, 0.05) is 58.0 Å². The number of aliphatic imine (C=N–C) groups is 1. The number of hydrogen-bond acceptors (Lipinski definition) is 3. The van der Waals surface area contributed by atoms with Crippen molar-refractivity contribution < 1.29 is 0 Å². The summed E-state index contributed by atoms with van der Waals surface area (Å²) in [7, 11) is 1.85. The molecule has 0 amide bonds. The van der Waals surface area contributed by atoms with E-state index in [0.29, 0.717) is 6.04 Å². The first kappa shape index (κ1) is 23.0. The van der Waals surface area contributed by atoms with Gasteiger partial charge in [0.1, 0.15) is 0 Å². The summed E-state index contributed by atoms with van der Waals surface area (Å²) in [6.45, 7) is 11.0. The molecule has 0 saturated carbocycles. The molecule has 28 heavy (non-hydrogen) atoms. The SMILES string of the molecule is CN=C(NCc1ccc(N2CC=CC2)cc1)NC1CCN(CC(C)C)CC1.I. The van der Waals surface area contributed by atoms with Gasteiger partial charge in [-0.05, 0) is 36.5 Å². The average molecular weight is 497 g/mol. The average Bonchev–Trinajstić information content (AvgIpc) is 3.21. The smallest absolute Gasteiger partial charge is 0.191 e. The number of benzene rings is 1. The summed E-state index contributed by atoms with van der Waals surface area (Å²) in [5.41, 5.74) is 2.57. The number of nitrogens with zero attached hydrogens (tertiary/aromatic N) is 3. The van der Waals surface area contributed by atoms with Crippen LogP contribution in [0.15, 0.2) is 41.4 Å². The van der Waals surface area contributed by atoms with E-state index < -0.39 is 0 Å². The van der Waals surface area contributed by atoms with E-state index in [1.807, 2.05) is 7.05 Å². The molecule has 6 heteroatoms. The van der Waals surface area contributed by atoms with E-state index in [0.717, 1.165) is 31.5 Å². The van der Waals surface area contributed by atoms with E-state index in [4.69, 9.17) is 0 Å². The van der Waals surface area contributed by atoms with Crippen LogP contribution in [0.4, 0.5) is 5.69 Å². The summed E-state index contributed by atoms with van der Waals surface area (Å²) >= 11 is 0. The highest BCUT2D eigenvalue weighted by Crippen LogP contribution is 2.17. The Kier molecular flexibility index (Phi) is 9.58. The van der Waals surface area contributed by atoms with Gasteiger partial charge in [0.2, 0.25) is 0 Å². The van der Waals surface area contributed by atoms with Crippen LogP contribution in [0, 0.1) is 5.92 Å². The second kappa shape index (κ2) is 11.7. The van der Waals surface area contributed by atoms with Crippen LogP contribution in [0.1, 0.15) is 32.3 Å². The molecule has 2 aliphatic rings. The van der Waals surface area contributed by atoms with Gasteiger partial charge >= 0.3 is 0 Å². The predicted molar refractivity (Wildman–Crippen MR) is 131 cm³/mol. The van der Waals surface area contributed by atoms with E-state index in [2.05, 4.69) is 75.7 Å². The predicted octanol–water partition coefficient (Wildman–Crippen LogP) is 3.47. The molecule has 156 valence electrons. The Balaban J connectivity index is 0.00000280. The first-order chi connectivity index (χ1) is 13.1. The third-order valence-electron chi connectivity index (χ3n) is 5.36. The van der Waals surface area contributed by atoms with Gasteiger partial charge in [-0.2, -0.15) is 0 Å². The second-order valence-corrected chi connectivity index (χ2v) is 8.08. The zero-order valence-electron chi connectivity index (χ0n) is 17.5. The Bertz CT molecular complexity index is 625. The molecule has 3 rings (SSSR count). The first-order valence-corrected chi connectivity index (χ1v) is 10.3. The molecule has 1 aromatic rings. The Morgan fingerprint density at radius 3 is 2.32 bits per heavy atom. The van der Waals surface area contributed by atoms with Crippen LogP contribution in [0.2, 0.25) is 0 Å². The quantitative estimate of drug-likeness (QED) is 0.274. The largest absolute Gasteiger partial charge is 0.364 e. The van der Waals surface area contributed by atoms with Crippen LogP contribution in [-0.2, 0) is 6.54 Å². The summed E-state index contributed by atoms with van der Waals surface area (Å²) < 4.78 is 0. The number of rotatable bonds is 6. The van der Waals surface area contributed by atoms with E-state index in [1.165, 1.54) is 43.7 Å². The van der Waals surface area contributed by atoms with Crippen LogP contribution < -0.4 is 15.5 Å². The van der Waals surface area contributed by atoms with Gasteiger partial charge in [0.05, 0.1) is 0 Å². The minimum atomic E-state index is 0. The summed E-state index contributed by atoms with van der Waals surface area (Å²) in [5, 5.41) is 7.07. The Labute approximate surface area is 187 Å². The van der Waals surface area contributed by atoms with Crippen LogP contribution in [0.3, 0.4) is 0 Å². The molecule has 1 saturated heterocycles. The zero-order valence-corrected chi connectivity index (χ0v) is 19.9. The van der Waals surface area contributed by atoms with E-state index in [1.54, 1.807) is 0 Å². The van der Waals surface area contributed by atoms with Crippen LogP contribution in [0.5, 0.6) is 0 Å². The van der Waals surface area contributed by atoms with Crippen molar-refractivity contribution in [3.8, 4) is 0 Å². The number of hydrogen-bond donors (Lipinski definition) is 2. The van der Waals surface area contributed by atoms with Crippen molar-refractivity contribution in [1.29, 1.82) is 0 Å². The normalized spacial score (nSPS) is 18.4. The highest BCUT2D eigenvalue weighted by molar-refractivity contribution is 14.0. The molecule has 2 heterocycles. The maximum absolute atomic E-state index is 4.41. The summed E-state index contributed by atoms with van der Waals surface area (Å²) in [6.07, 6.45) is 6.81. The molecule has 1 aromatic carbocycles. The van der Waals surface area contributed by atoms with Crippen molar-refractivity contribution in [1.82, 2.24) is 15.5 Å².